The van der Waals surface area contributed by atoms with Crippen molar-refractivity contribution in [2.75, 3.05) is 18.5 Å². The number of anilines is 1. The Hall–Kier alpha value is -2.04. The second-order valence-electron chi connectivity index (χ2n) is 3.78. The highest BCUT2D eigenvalue weighted by Gasteiger charge is 2.01. The highest BCUT2D eigenvalue weighted by atomic mass is 16.5. The molecule has 1 aromatic rings. The van der Waals surface area contributed by atoms with Crippen LogP contribution in [0.25, 0.3) is 0 Å². The van der Waals surface area contributed by atoms with Crippen molar-refractivity contribution in [3.05, 3.63) is 29.8 Å². The first-order valence-corrected chi connectivity index (χ1v) is 5.93. The molecular formula is C13H18N2O3. The zero-order valence-electron chi connectivity index (χ0n) is 10.4. The van der Waals surface area contributed by atoms with Crippen molar-refractivity contribution in [3.63, 3.8) is 0 Å². The molecule has 0 aliphatic carbocycles. The third-order valence-corrected chi connectivity index (χ3v) is 2.36. The molecule has 1 aromatic carbocycles. The van der Waals surface area contributed by atoms with Crippen LogP contribution in [0.2, 0.25) is 0 Å². The van der Waals surface area contributed by atoms with Gasteiger partial charge in [0.15, 0.2) is 0 Å². The van der Waals surface area contributed by atoms with Gasteiger partial charge in [-0.2, -0.15) is 0 Å². The van der Waals surface area contributed by atoms with Crippen LogP contribution in [0.3, 0.4) is 0 Å². The molecular weight excluding hydrogens is 232 g/mol. The number of hydrogen-bond donors (Lipinski definition) is 2. The number of ether oxygens (including phenoxy) is 1. The Balaban J connectivity index is 2.27. The van der Waals surface area contributed by atoms with Crippen LogP contribution in [0.4, 0.5) is 5.69 Å². The number of amides is 1. The first kappa shape index (κ1) is 14.0. The standard InChI is InChI=1S/C13H18N2O3/c1-2-18-12(16)4-3-9-15-11-7-5-10(6-8-11)13(14)17/h5-8,15H,2-4,9H2,1H3,(H2,14,17). The minimum absolute atomic E-state index is 0.177. The number of benzene rings is 1. The monoisotopic (exact) mass is 250 g/mol. The molecule has 0 saturated carbocycles. The molecule has 0 fully saturated rings. The van der Waals surface area contributed by atoms with E-state index in [1.807, 2.05) is 0 Å². The van der Waals surface area contributed by atoms with E-state index in [-0.39, 0.29) is 5.97 Å². The highest BCUT2D eigenvalue weighted by molar-refractivity contribution is 5.93. The number of nitrogens with two attached hydrogens (primary N) is 1. The lowest BCUT2D eigenvalue weighted by Gasteiger charge is -2.06. The highest BCUT2D eigenvalue weighted by Crippen LogP contribution is 2.09. The molecule has 1 rings (SSSR count). The van der Waals surface area contributed by atoms with Crippen molar-refractivity contribution in [3.8, 4) is 0 Å². The number of esters is 1. The molecule has 0 aromatic heterocycles. The number of nitrogens with one attached hydrogen (secondary N) is 1. The Morgan fingerprint density at radius 2 is 1.94 bits per heavy atom. The predicted molar refractivity (Wildman–Crippen MR) is 69.3 cm³/mol. The number of carbonyl (C=O) groups excluding carboxylic acids is 2. The van der Waals surface area contributed by atoms with E-state index in [0.717, 1.165) is 5.69 Å². The predicted octanol–water partition coefficient (Wildman–Crippen LogP) is 1.54. The summed E-state index contributed by atoms with van der Waals surface area (Å²) in [6, 6.07) is 6.89. The van der Waals surface area contributed by atoms with Gasteiger partial charge in [-0.25, -0.2) is 0 Å². The molecule has 1 amide bonds. The van der Waals surface area contributed by atoms with Crippen LogP contribution in [0.15, 0.2) is 24.3 Å². The van der Waals surface area contributed by atoms with E-state index in [1.165, 1.54) is 0 Å². The van der Waals surface area contributed by atoms with E-state index >= 15 is 0 Å². The normalized spacial score (nSPS) is 9.83. The summed E-state index contributed by atoms with van der Waals surface area (Å²) < 4.78 is 4.82. The zero-order chi connectivity index (χ0) is 13.4. The molecule has 98 valence electrons. The average Bonchev–Trinajstić information content (AvgIpc) is 2.35. The fraction of sp³-hybridized carbons (Fsp3) is 0.385. The van der Waals surface area contributed by atoms with E-state index in [2.05, 4.69) is 5.32 Å². The van der Waals surface area contributed by atoms with E-state index in [1.54, 1.807) is 31.2 Å². The summed E-state index contributed by atoms with van der Waals surface area (Å²) in [6.07, 6.45) is 1.11. The van der Waals surface area contributed by atoms with Gasteiger partial charge in [0, 0.05) is 24.2 Å². The van der Waals surface area contributed by atoms with Gasteiger partial charge in [-0.3, -0.25) is 9.59 Å². The van der Waals surface area contributed by atoms with Crippen LogP contribution >= 0.6 is 0 Å². The molecule has 0 radical (unpaired) electrons. The van der Waals surface area contributed by atoms with Crippen molar-refractivity contribution >= 4 is 17.6 Å². The fourth-order valence-corrected chi connectivity index (χ4v) is 1.45. The molecule has 5 nitrogen and oxygen atoms in total. The summed E-state index contributed by atoms with van der Waals surface area (Å²) in [5.74, 6) is -0.618. The van der Waals surface area contributed by atoms with Crippen molar-refractivity contribution in [2.24, 2.45) is 5.73 Å². The van der Waals surface area contributed by atoms with Crippen LogP contribution in [0, 0.1) is 0 Å². The summed E-state index contributed by atoms with van der Waals surface area (Å²) in [5.41, 5.74) is 6.51. The third kappa shape index (κ3) is 4.86. The molecule has 0 atom stereocenters. The van der Waals surface area contributed by atoms with Gasteiger partial charge in [0.2, 0.25) is 5.91 Å². The lowest BCUT2D eigenvalue weighted by Crippen LogP contribution is -2.11. The van der Waals surface area contributed by atoms with Gasteiger partial charge < -0.3 is 15.8 Å². The Morgan fingerprint density at radius 1 is 1.28 bits per heavy atom. The summed E-state index contributed by atoms with van der Waals surface area (Å²) in [7, 11) is 0. The maximum atomic E-state index is 11.1. The fourth-order valence-electron chi connectivity index (χ4n) is 1.45. The molecule has 18 heavy (non-hydrogen) atoms. The van der Waals surface area contributed by atoms with Crippen molar-refractivity contribution in [2.45, 2.75) is 19.8 Å². The Bertz CT molecular complexity index is 401. The quantitative estimate of drug-likeness (QED) is 0.568. The maximum absolute atomic E-state index is 11.1. The van der Waals surface area contributed by atoms with E-state index in [4.69, 9.17) is 10.5 Å². The van der Waals surface area contributed by atoms with Gasteiger partial charge in [-0.1, -0.05) is 0 Å². The molecule has 3 N–H and O–H groups in total. The molecule has 0 aliphatic heterocycles. The summed E-state index contributed by atoms with van der Waals surface area (Å²) in [4.78, 5) is 21.9. The second kappa shape index (κ2) is 7.32. The van der Waals surface area contributed by atoms with E-state index in [0.29, 0.717) is 31.6 Å². The number of primary amides is 1. The van der Waals surface area contributed by atoms with Gasteiger partial charge in [0.05, 0.1) is 6.61 Å². The van der Waals surface area contributed by atoms with Crippen LogP contribution in [0.1, 0.15) is 30.1 Å². The molecule has 0 aliphatic rings. The van der Waals surface area contributed by atoms with Crippen LogP contribution in [-0.4, -0.2) is 25.0 Å². The zero-order valence-corrected chi connectivity index (χ0v) is 10.4. The van der Waals surface area contributed by atoms with Crippen LogP contribution < -0.4 is 11.1 Å². The summed E-state index contributed by atoms with van der Waals surface area (Å²) >= 11 is 0. The van der Waals surface area contributed by atoms with Crippen molar-refractivity contribution in [1.82, 2.24) is 0 Å². The Labute approximate surface area is 106 Å². The minimum atomic E-state index is -0.441. The minimum Gasteiger partial charge on any atom is -0.466 e. The van der Waals surface area contributed by atoms with Gasteiger partial charge in [0.1, 0.15) is 0 Å². The second-order valence-corrected chi connectivity index (χ2v) is 3.78. The van der Waals surface area contributed by atoms with Crippen LogP contribution in [0.5, 0.6) is 0 Å². The SMILES string of the molecule is CCOC(=O)CCCNc1ccc(C(N)=O)cc1. The van der Waals surface area contributed by atoms with Gasteiger partial charge in [0.25, 0.3) is 0 Å². The molecule has 0 heterocycles. The molecule has 0 saturated heterocycles. The Kier molecular flexibility index (Phi) is 5.70. The average molecular weight is 250 g/mol. The number of rotatable bonds is 7. The van der Waals surface area contributed by atoms with Gasteiger partial charge in [-0.15, -0.1) is 0 Å². The largest absolute Gasteiger partial charge is 0.466 e. The lowest BCUT2D eigenvalue weighted by atomic mass is 10.2. The van der Waals surface area contributed by atoms with Crippen molar-refractivity contribution in [1.29, 1.82) is 0 Å². The molecule has 0 bridgehead atoms. The van der Waals surface area contributed by atoms with Gasteiger partial charge in [-0.05, 0) is 37.6 Å². The van der Waals surface area contributed by atoms with Gasteiger partial charge >= 0.3 is 5.97 Å². The lowest BCUT2D eigenvalue weighted by molar-refractivity contribution is -0.143. The first-order valence-electron chi connectivity index (χ1n) is 5.93. The van der Waals surface area contributed by atoms with E-state index < -0.39 is 5.91 Å². The molecule has 0 spiro atoms. The number of hydrogen-bond acceptors (Lipinski definition) is 4. The smallest absolute Gasteiger partial charge is 0.305 e. The number of carbonyl (C=O) groups is 2. The summed E-state index contributed by atoms with van der Waals surface area (Å²) in [5, 5.41) is 3.15. The maximum Gasteiger partial charge on any atom is 0.305 e. The van der Waals surface area contributed by atoms with Crippen LogP contribution in [-0.2, 0) is 9.53 Å². The molecule has 0 unspecified atom stereocenters. The van der Waals surface area contributed by atoms with Crippen molar-refractivity contribution < 1.29 is 14.3 Å². The first-order chi connectivity index (χ1) is 8.63. The third-order valence-electron chi connectivity index (χ3n) is 2.36. The topological polar surface area (TPSA) is 81.4 Å². The summed E-state index contributed by atoms with van der Waals surface area (Å²) in [6.45, 7) is 2.88. The molecule has 5 heteroatoms. The Morgan fingerprint density at radius 3 is 2.50 bits per heavy atom. The van der Waals surface area contributed by atoms with E-state index in [9.17, 15) is 9.59 Å².